The molecule has 0 N–H and O–H groups in total. The molecule has 0 aliphatic heterocycles. The second kappa shape index (κ2) is 10.1. The van der Waals surface area contributed by atoms with E-state index < -0.39 is 0 Å². The van der Waals surface area contributed by atoms with Gasteiger partial charge in [-0.05, 0) is 30.4 Å². The summed E-state index contributed by atoms with van der Waals surface area (Å²) in [6.07, 6.45) is 4.25. The molecule has 0 amide bonds. The predicted octanol–water partition coefficient (Wildman–Crippen LogP) is 4.40. The molecule has 0 atom stereocenters. The van der Waals surface area contributed by atoms with Crippen LogP contribution in [0.4, 0.5) is 0 Å². The van der Waals surface area contributed by atoms with E-state index in [9.17, 15) is 0 Å². The molecule has 2 nitrogen and oxygen atoms in total. The summed E-state index contributed by atoms with van der Waals surface area (Å²) in [6, 6.07) is 20.5. The van der Waals surface area contributed by atoms with Crippen LogP contribution in [-0.4, -0.2) is 13.2 Å². The largest absolute Gasteiger partial charge is 0.377 e. The zero-order chi connectivity index (χ0) is 14.6. The molecule has 0 heterocycles. The standard InChI is InChI=1S/C19H23O2/c1-4-10-18(11-5-1)16-20-14-8-3-9-15-21-17-19-12-6-2-7-13-19/h1-2,4-8,10-13H,3,9,14-17H2. The molecule has 0 unspecified atom stereocenters. The van der Waals surface area contributed by atoms with Crippen LogP contribution in [0.15, 0.2) is 60.7 Å². The highest BCUT2D eigenvalue weighted by atomic mass is 16.5. The summed E-state index contributed by atoms with van der Waals surface area (Å²) in [5.41, 5.74) is 2.45. The normalized spacial score (nSPS) is 10.7. The van der Waals surface area contributed by atoms with Gasteiger partial charge in [0.2, 0.25) is 0 Å². The van der Waals surface area contributed by atoms with E-state index in [1.165, 1.54) is 11.1 Å². The van der Waals surface area contributed by atoms with Gasteiger partial charge in [0, 0.05) is 6.61 Å². The Bertz CT molecular complexity index is 422. The molecule has 111 valence electrons. The minimum atomic E-state index is 0.682. The maximum atomic E-state index is 5.63. The van der Waals surface area contributed by atoms with Crippen LogP contribution in [0, 0.1) is 6.42 Å². The monoisotopic (exact) mass is 283 g/mol. The van der Waals surface area contributed by atoms with Crippen molar-refractivity contribution >= 4 is 0 Å². The lowest BCUT2D eigenvalue weighted by atomic mass is 10.2. The first-order chi connectivity index (χ1) is 10.4. The van der Waals surface area contributed by atoms with Gasteiger partial charge in [-0.25, -0.2) is 0 Å². The van der Waals surface area contributed by atoms with Gasteiger partial charge in [-0.2, -0.15) is 0 Å². The van der Waals surface area contributed by atoms with Crippen LogP contribution >= 0.6 is 0 Å². The van der Waals surface area contributed by atoms with Crippen LogP contribution in [0.5, 0.6) is 0 Å². The molecule has 2 aromatic rings. The number of hydrogen-bond acceptors (Lipinski definition) is 2. The Labute approximate surface area is 127 Å². The van der Waals surface area contributed by atoms with Crippen molar-refractivity contribution in [2.45, 2.75) is 26.1 Å². The van der Waals surface area contributed by atoms with Crippen molar-refractivity contribution in [1.82, 2.24) is 0 Å². The highest BCUT2D eigenvalue weighted by molar-refractivity contribution is 5.14. The highest BCUT2D eigenvalue weighted by Crippen LogP contribution is 2.04. The molecule has 0 aliphatic carbocycles. The molecule has 2 rings (SSSR count). The molecule has 0 spiro atoms. The van der Waals surface area contributed by atoms with Crippen molar-refractivity contribution in [1.29, 1.82) is 0 Å². The molecule has 21 heavy (non-hydrogen) atoms. The molecule has 2 aromatic carbocycles. The summed E-state index contributed by atoms with van der Waals surface area (Å²) < 4.78 is 11.2. The van der Waals surface area contributed by atoms with Gasteiger partial charge in [0.1, 0.15) is 0 Å². The van der Waals surface area contributed by atoms with Crippen molar-refractivity contribution in [3.63, 3.8) is 0 Å². The zero-order valence-corrected chi connectivity index (χ0v) is 12.4. The molecular formula is C19H23O2. The molecular weight excluding hydrogens is 260 g/mol. The topological polar surface area (TPSA) is 18.5 Å². The first-order valence-corrected chi connectivity index (χ1v) is 7.50. The quantitative estimate of drug-likeness (QED) is 0.601. The SMILES string of the molecule is [CH](CCCOCc1ccccc1)COCc1ccccc1. The Kier molecular flexibility index (Phi) is 7.60. The van der Waals surface area contributed by atoms with Gasteiger partial charge in [0.25, 0.3) is 0 Å². The molecule has 0 saturated carbocycles. The summed E-state index contributed by atoms with van der Waals surface area (Å²) in [5.74, 6) is 0. The Morgan fingerprint density at radius 3 is 1.90 bits per heavy atom. The number of unbranched alkanes of at least 4 members (excludes halogenated alkanes) is 2. The number of hydrogen-bond donors (Lipinski definition) is 0. The average molecular weight is 283 g/mol. The predicted molar refractivity (Wildman–Crippen MR) is 85.7 cm³/mol. The summed E-state index contributed by atoms with van der Waals surface area (Å²) >= 11 is 0. The minimum absolute atomic E-state index is 0.682. The first-order valence-electron chi connectivity index (χ1n) is 7.50. The smallest absolute Gasteiger partial charge is 0.0717 e. The Morgan fingerprint density at radius 1 is 0.714 bits per heavy atom. The van der Waals surface area contributed by atoms with Gasteiger partial charge in [0.15, 0.2) is 0 Å². The lowest BCUT2D eigenvalue weighted by Crippen LogP contribution is -1.99. The second-order valence-electron chi connectivity index (χ2n) is 4.97. The summed E-state index contributed by atoms with van der Waals surface area (Å²) in [6.45, 7) is 2.88. The summed E-state index contributed by atoms with van der Waals surface area (Å²) in [5, 5.41) is 0. The van der Waals surface area contributed by atoms with E-state index in [1.807, 2.05) is 36.4 Å². The van der Waals surface area contributed by atoms with Gasteiger partial charge in [-0.15, -0.1) is 0 Å². The van der Waals surface area contributed by atoms with Gasteiger partial charge in [-0.1, -0.05) is 60.7 Å². The third-order valence-corrected chi connectivity index (χ3v) is 3.16. The molecule has 1 radical (unpaired) electrons. The van der Waals surface area contributed by atoms with E-state index in [1.54, 1.807) is 0 Å². The van der Waals surface area contributed by atoms with E-state index in [-0.39, 0.29) is 0 Å². The van der Waals surface area contributed by atoms with Crippen LogP contribution < -0.4 is 0 Å². The third-order valence-electron chi connectivity index (χ3n) is 3.16. The van der Waals surface area contributed by atoms with Gasteiger partial charge < -0.3 is 9.47 Å². The molecule has 0 bridgehead atoms. The van der Waals surface area contributed by atoms with Crippen LogP contribution in [0.3, 0.4) is 0 Å². The lowest BCUT2D eigenvalue weighted by molar-refractivity contribution is 0.114. The van der Waals surface area contributed by atoms with E-state index in [4.69, 9.17) is 9.47 Å². The fourth-order valence-electron chi connectivity index (χ4n) is 2.01. The van der Waals surface area contributed by atoms with Crippen molar-refractivity contribution < 1.29 is 9.47 Å². The van der Waals surface area contributed by atoms with E-state index in [2.05, 4.69) is 30.7 Å². The summed E-state index contributed by atoms with van der Waals surface area (Å²) in [4.78, 5) is 0. The third kappa shape index (κ3) is 7.07. The van der Waals surface area contributed by atoms with Crippen molar-refractivity contribution in [3.8, 4) is 0 Å². The van der Waals surface area contributed by atoms with Crippen LogP contribution in [0.2, 0.25) is 0 Å². The second-order valence-corrected chi connectivity index (χ2v) is 4.97. The van der Waals surface area contributed by atoms with Gasteiger partial charge in [0.05, 0.1) is 19.8 Å². The zero-order valence-electron chi connectivity index (χ0n) is 12.4. The molecule has 0 aromatic heterocycles. The van der Waals surface area contributed by atoms with Crippen molar-refractivity contribution in [3.05, 3.63) is 78.2 Å². The number of benzene rings is 2. The Morgan fingerprint density at radius 2 is 1.29 bits per heavy atom. The van der Waals surface area contributed by atoms with Gasteiger partial charge >= 0.3 is 0 Å². The molecule has 0 fully saturated rings. The maximum Gasteiger partial charge on any atom is 0.0717 e. The number of ether oxygens (including phenoxy) is 2. The molecule has 2 heteroatoms. The van der Waals surface area contributed by atoms with E-state index >= 15 is 0 Å². The van der Waals surface area contributed by atoms with Gasteiger partial charge in [-0.3, -0.25) is 0 Å². The fraction of sp³-hybridized carbons (Fsp3) is 0.316. The van der Waals surface area contributed by atoms with Crippen LogP contribution in [0.25, 0.3) is 0 Å². The van der Waals surface area contributed by atoms with Crippen LogP contribution in [0.1, 0.15) is 24.0 Å². The summed E-state index contributed by atoms with van der Waals surface area (Å²) in [7, 11) is 0. The fourth-order valence-corrected chi connectivity index (χ4v) is 2.01. The van der Waals surface area contributed by atoms with E-state index in [0.717, 1.165) is 19.4 Å². The van der Waals surface area contributed by atoms with Crippen molar-refractivity contribution in [2.75, 3.05) is 13.2 Å². The Hall–Kier alpha value is -1.64. The minimum Gasteiger partial charge on any atom is -0.377 e. The molecule has 0 saturated heterocycles. The Balaban J connectivity index is 1.40. The van der Waals surface area contributed by atoms with Crippen LogP contribution in [-0.2, 0) is 22.7 Å². The maximum absolute atomic E-state index is 5.63. The average Bonchev–Trinajstić information content (AvgIpc) is 2.55. The van der Waals surface area contributed by atoms with E-state index in [0.29, 0.717) is 19.8 Å². The lowest BCUT2D eigenvalue weighted by Gasteiger charge is -2.05. The van der Waals surface area contributed by atoms with Crippen molar-refractivity contribution in [2.24, 2.45) is 0 Å². The number of rotatable bonds is 10. The first kappa shape index (κ1) is 15.7. The molecule has 0 aliphatic rings. The highest BCUT2D eigenvalue weighted by Gasteiger charge is 1.95.